The summed E-state index contributed by atoms with van der Waals surface area (Å²) in [7, 11) is 0. The normalized spacial score (nSPS) is 12.3. The van der Waals surface area contributed by atoms with Crippen molar-refractivity contribution in [1.82, 2.24) is 5.32 Å². The van der Waals surface area contributed by atoms with Crippen molar-refractivity contribution in [3.8, 4) is 0 Å². The molecular formula is C17H16ClNO2. The summed E-state index contributed by atoms with van der Waals surface area (Å²) in [6.07, 6.45) is 3.06. The summed E-state index contributed by atoms with van der Waals surface area (Å²) in [5.41, 5.74) is 1.63. The molecule has 3 nitrogen and oxygen atoms in total. The monoisotopic (exact) mass is 301 g/mol. The lowest BCUT2D eigenvalue weighted by molar-refractivity contribution is -0.117. The number of aliphatic hydroxyl groups is 1. The van der Waals surface area contributed by atoms with E-state index in [4.69, 9.17) is 11.6 Å². The quantitative estimate of drug-likeness (QED) is 0.833. The van der Waals surface area contributed by atoms with E-state index in [-0.39, 0.29) is 12.5 Å². The van der Waals surface area contributed by atoms with Gasteiger partial charge in [0.2, 0.25) is 5.91 Å². The minimum Gasteiger partial charge on any atom is -0.394 e. The Morgan fingerprint density at radius 2 is 1.81 bits per heavy atom. The summed E-state index contributed by atoms with van der Waals surface area (Å²) in [5.74, 6) is -0.280. The van der Waals surface area contributed by atoms with Crippen LogP contribution >= 0.6 is 11.6 Å². The Balaban J connectivity index is 2.02. The first kappa shape index (κ1) is 15.3. The summed E-state index contributed by atoms with van der Waals surface area (Å²) in [6.45, 7) is -0.157. The number of hydrogen-bond acceptors (Lipinski definition) is 2. The molecule has 2 rings (SSSR count). The molecule has 21 heavy (non-hydrogen) atoms. The molecular weight excluding hydrogens is 286 g/mol. The number of amides is 1. The van der Waals surface area contributed by atoms with Gasteiger partial charge in [0.1, 0.15) is 0 Å². The summed E-state index contributed by atoms with van der Waals surface area (Å²) in [5, 5.41) is 12.7. The van der Waals surface area contributed by atoms with E-state index in [1.54, 1.807) is 12.1 Å². The first-order valence-electron chi connectivity index (χ1n) is 6.59. The lowest BCUT2D eigenvalue weighted by Gasteiger charge is -2.15. The Bertz CT molecular complexity index is 626. The highest BCUT2D eigenvalue weighted by Crippen LogP contribution is 2.16. The number of carbonyl (C=O) groups excluding carboxylic acids is 1. The topological polar surface area (TPSA) is 49.3 Å². The Hall–Kier alpha value is -2.10. The van der Waals surface area contributed by atoms with Gasteiger partial charge in [0, 0.05) is 11.1 Å². The van der Waals surface area contributed by atoms with Gasteiger partial charge in [-0.2, -0.15) is 0 Å². The summed E-state index contributed by atoms with van der Waals surface area (Å²) >= 11 is 6.01. The molecule has 0 aliphatic heterocycles. The van der Waals surface area contributed by atoms with Gasteiger partial charge in [-0.25, -0.2) is 0 Å². The summed E-state index contributed by atoms with van der Waals surface area (Å²) < 4.78 is 0. The number of aliphatic hydroxyl groups excluding tert-OH is 1. The van der Waals surface area contributed by atoms with Crippen molar-refractivity contribution in [2.24, 2.45) is 0 Å². The Kier molecular flexibility index (Phi) is 5.55. The van der Waals surface area contributed by atoms with Gasteiger partial charge in [0.05, 0.1) is 12.6 Å². The SMILES string of the molecule is O=C(/C=C/c1ccccc1Cl)N[C@@H](CO)c1ccccc1. The molecule has 0 heterocycles. The predicted molar refractivity (Wildman–Crippen MR) is 84.9 cm³/mol. The molecule has 2 aromatic rings. The molecule has 0 saturated carbocycles. The van der Waals surface area contributed by atoms with Crippen LogP contribution in [0.3, 0.4) is 0 Å². The fraction of sp³-hybridized carbons (Fsp3) is 0.118. The molecule has 2 aromatic carbocycles. The molecule has 2 N–H and O–H groups in total. The second-order valence-corrected chi connectivity index (χ2v) is 4.92. The third-order valence-corrected chi connectivity index (χ3v) is 3.36. The molecule has 0 spiro atoms. The van der Waals surface area contributed by atoms with Gasteiger partial charge in [-0.3, -0.25) is 4.79 Å². The molecule has 108 valence electrons. The second kappa shape index (κ2) is 7.62. The van der Waals surface area contributed by atoms with Crippen LogP contribution in [0, 0.1) is 0 Å². The van der Waals surface area contributed by atoms with E-state index in [2.05, 4.69) is 5.32 Å². The van der Waals surface area contributed by atoms with Crippen molar-refractivity contribution in [2.45, 2.75) is 6.04 Å². The smallest absolute Gasteiger partial charge is 0.244 e. The van der Waals surface area contributed by atoms with Crippen LogP contribution in [0.1, 0.15) is 17.2 Å². The minimum atomic E-state index is -0.422. The predicted octanol–water partition coefficient (Wildman–Crippen LogP) is 3.20. The van der Waals surface area contributed by atoms with Crippen molar-refractivity contribution in [3.05, 3.63) is 76.8 Å². The van der Waals surface area contributed by atoms with E-state index in [9.17, 15) is 9.90 Å². The average molecular weight is 302 g/mol. The zero-order chi connectivity index (χ0) is 15.1. The van der Waals surface area contributed by atoms with Crippen LogP contribution in [-0.4, -0.2) is 17.6 Å². The van der Waals surface area contributed by atoms with Crippen molar-refractivity contribution in [1.29, 1.82) is 0 Å². The molecule has 0 radical (unpaired) electrons. The Labute approximate surface area is 128 Å². The third kappa shape index (κ3) is 4.45. The van der Waals surface area contributed by atoms with E-state index in [0.29, 0.717) is 5.02 Å². The van der Waals surface area contributed by atoms with Crippen molar-refractivity contribution < 1.29 is 9.90 Å². The third-order valence-electron chi connectivity index (χ3n) is 3.02. The number of benzene rings is 2. The van der Waals surface area contributed by atoms with Gasteiger partial charge < -0.3 is 10.4 Å². The highest BCUT2D eigenvalue weighted by atomic mass is 35.5. The fourth-order valence-corrected chi connectivity index (χ4v) is 2.11. The molecule has 4 heteroatoms. The van der Waals surface area contributed by atoms with Crippen molar-refractivity contribution >= 4 is 23.6 Å². The highest BCUT2D eigenvalue weighted by Gasteiger charge is 2.11. The lowest BCUT2D eigenvalue weighted by atomic mass is 10.1. The number of hydrogen-bond donors (Lipinski definition) is 2. The molecule has 0 saturated heterocycles. The van der Waals surface area contributed by atoms with E-state index >= 15 is 0 Å². The first-order valence-corrected chi connectivity index (χ1v) is 6.97. The van der Waals surface area contributed by atoms with Gasteiger partial charge in [-0.05, 0) is 23.3 Å². The molecule has 1 atom stereocenters. The van der Waals surface area contributed by atoms with Gasteiger partial charge in [-0.1, -0.05) is 60.1 Å². The minimum absolute atomic E-state index is 0.157. The van der Waals surface area contributed by atoms with Crippen LogP contribution in [0.15, 0.2) is 60.7 Å². The van der Waals surface area contributed by atoms with Crippen molar-refractivity contribution in [3.63, 3.8) is 0 Å². The number of halogens is 1. The van der Waals surface area contributed by atoms with Gasteiger partial charge in [0.15, 0.2) is 0 Å². The second-order valence-electron chi connectivity index (χ2n) is 4.51. The number of carbonyl (C=O) groups is 1. The zero-order valence-electron chi connectivity index (χ0n) is 11.4. The van der Waals surface area contributed by atoms with Crippen LogP contribution in [0.25, 0.3) is 6.08 Å². The molecule has 0 aromatic heterocycles. The molecule has 0 fully saturated rings. The summed E-state index contributed by atoms with van der Waals surface area (Å²) in [4.78, 5) is 11.9. The average Bonchev–Trinajstić information content (AvgIpc) is 2.52. The van der Waals surface area contributed by atoms with Gasteiger partial charge in [0.25, 0.3) is 0 Å². The van der Waals surface area contributed by atoms with Crippen LogP contribution in [0.5, 0.6) is 0 Å². The fourth-order valence-electron chi connectivity index (χ4n) is 1.92. The molecule has 0 unspecified atom stereocenters. The van der Waals surface area contributed by atoms with Crippen LogP contribution < -0.4 is 5.32 Å². The molecule has 0 aliphatic rings. The lowest BCUT2D eigenvalue weighted by Crippen LogP contribution is -2.29. The largest absolute Gasteiger partial charge is 0.394 e. The van der Waals surface area contributed by atoms with E-state index in [0.717, 1.165) is 11.1 Å². The molecule has 0 bridgehead atoms. The Morgan fingerprint density at radius 1 is 1.14 bits per heavy atom. The molecule has 1 amide bonds. The standard InChI is InChI=1S/C17H16ClNO2/c18-15-9-5-4-6-13(15)10-11-17(21)19-16(12-20)14-7-2-1-3-8-14/h1-11,16,20H,12H2,(H,19,21)/b11-10+/t16-/m0/s1. The molecule has 0 aliphatic carbocycles. The maximum absolute atomic E-state index is 11.9. The Morgan fingerprint density at radius 3 is 2.48 bits per heavy atom. The van der Waals surface area contributed by atoms with Gasteiger partial charge in [-0.15, -0.1) is 0 Å². The first-order chi connectivity index (χ1) is 10.2. The van der Waals surface area contributed by atoms with Crippen LogP contribution in [-0.2, 0) is 4.79 Å². The van der Waals surface area contributed by atoms with Crippen LogP contribution in [0.2, 0.25) is 5.02 Å². The van der Waals surface area contributed by atoms with Crippen LogP contribution in [0.4, 0.5) is 0 Å². The maximum atomic E-state index is 11.9. The number of nitrogens with one attached hydrogen (secondary N) is 1. The highest BCUT2D eigenvalue weighted by molar-refractivity contribution is 6.32. The van der Waals surface area contributed by atoms with E-state index < -0.39 is 6.04 Å². The summed E-state index contributed by atoms with van der Waals surface area (Å²) in [6, 6.07) is 16.2. The zero-order valence-corrected chi connectivity index (χ0v) is 12.1. The van der Waals surface area contributed by atoms with E-state index in [1.807, 2.05) is 48.5 Å². The van der Waals surface area contributed by atoms with Crippen molar-refractivity contribution in [2.75, 3.05) is 6.61 Å². The maximum Gasteiger partial charge on any atom is 0.244 e. The van der Waals surface area contributed by atoms with E-state index in [1.165, 1.54) is 6.08 Å². The number of rotatable bonds is 5. The van der Waals surface area contributed by atoms with Gasteiger partial charge >= 0.3 is 0 Å².